The summed E-state index contributed by atoms with van der Waals surface area (Å²) < 4.78 is 48.5. The van der Waals surface area contributed by atoms with E-state index in [0.29, 0.717) is 26.8 Å². The molecule has 186 valence electrons. The van der Waals surface area contributed by atoms with E-state index in [1.54, 1.807) is 49.6 Å². The fourth-order valence-electron chi connectivity index (χ4n) is 3.26. The number of alkyl halides is 3. The molecule has 0 fully saturated rings. The highest BCUT2D eigenvalue weighted by atomic mass is 35.5. The van der Waals surface area contributed by atoms with Gasteiger partial charge in [-0.15, -0.1) is 18.3 Å². The molecule has 0 radical (unpaired) electrons. The Hall–Kier alpha value is -3.70. The second-order valence-electron chi connectivity index (χ2n) is 7.37. The lowest BCUT2D eigenvalue weighted by Crippen LogP contribution is -2.17. The summed E-state index contributed by atoms with van der Waals surface area (Å²) in [4.78, 5) is 12.4. The summed E-state index contributed by atoms with van der Waals surface area (Å²) in [5.41, 5.74) is 1.76. The van der Waals surface area contributed by atoms with Crippen LogP contribution < -0.4 is 9.47 Å². The van der Waals surface area contributed by atoms with Crippen molar-refractivity contribution in [3.63, 3.8) is 0 Å². The van der Waals surface area contributed by atoms with E-state index in [9.17, 15) is 23.1 Å². The molecule has 0 bridgehead atoms. The van der Waals surface area contributed by atoms with Gasteiger partial charge in [0.2, 0.25) is 5.69 Å². The van der Waals surface area contributed by atoms with Crippen LogP contribution in [0.4, 0.5) is 13.2 Å². The predicted octanol–water partition coefficient (Wildman–Crippen LogP) is 6.40. The number of methoxy groups -OCH3 is 1. The lowest BCUT2D eigenvalue weighted by Gasteiger charge is -2.12. The van der Waals surface area contributed by atoms with E-state index in [2.05, 4.69) is 15.0 Å². The Morgan fingerprint density at radius 1 is 1.06 bits per heavy atom. The Bertz CT molecular complexity index is 1380. The molecule has 0 aliphatic rings. The third kappa shape index (κ3) is 6.10. The second-order valence-corrected chi connectivity index (χ2v) is 8.84. The topological polar surface area (TPSA) is 86.5 Å². The highest BCUT2D eigenvalue weighted by molar-refractivity contribution is 7.99. The number of halogens is 4. The molecule has 0 saturated heterocycles. The van der Waals surface area contributed by atoms with Crippen LogP contribution in [-0.2, 0) is 6.54 Å². The first-order chi connectivity index (χ1) is 17.1. The molecule has 4 aromatic rings. The number of carbonyl (C=O) groups is 1. The Kier molecular flexibility index (Phi) is 7.41. The molecule has 1 N–H and O–H groups in total. The maximum Gasteiger partial charge on any atom is 0.573 e. The molecule has 3 aromatic carbocycles. The zero-order valence-electron chi connectivity index (χ0n) is 18.5. The summed E-state index contributed by atoms with van der Waals surface area (Å²) in [7, 11) is 1.56. The van der Waals surface area contributed by atoms with Crippen molar-refractivity contribution in [1.82, 2.24) is 15.0 Å². The van der Waals surface area contributed by atoms with Gasteiger partial charge in [0.15, 0.2) is 0 Å². The van der Waals surface area contributed by atoms with Crippen LogP contribution in [0.3, 0.4) is 0 Å². The van der Waals surface area contributed by atoms with Crippen molar-refractivity contribution >= 4 is 29.3 Å². The van der Waals surface area contributed by atoms with Gasteiger partial charge in [-0.2, -0.15) is 0 Å². The van der Waals surface area contributed by atoms with Crippen LogP contribution in [0.2, 0.25) is 5.02 Å². The lowest BCUT2D eigenvalue weighted by atomic mass is 10.1. The molecular weight excluding hydrogens is 519 g/mol. The molecule has 0 spiro atoms. The minimum atomic E-state index is -4.87. The monoisotopic (exact) mass is 535 g/mol. The Balaban J connectivity index is 1.57. The molecule has 12 heteroatoms. The first-order valence-corrected chi connectivity index (χ1v) is 11.5. The van der Waals surface area contributed by atoms with Crippen LogP contribution in [0.1, 0.15) is 16.1 Å². The first-order valence-electron chi connectivity index (χ1n) is 10.3. The zero-order valence-corrected chi connectivity index (χ0v) is 20.1. The average Bonchev–Trinajstić information content (AvgIpc) is 3.23. The summed E-state index contributed by atoms with van der Waals surface area (Å²) >= 11 is 6.98. The number of rotatable bonds is 8. The van der Waals surface area contributed by atoms with E-state index < -0.39 is 18.1 Å². The molecule has 0 aliphatic heterocycles. The van der Waals surface area contributed by atoms with Gasteiger partial charge in [-0.05, 0) is 53.1 Å². The van der Waals surface area contributed by atoms with E-state index >= 15 is 0 Å². The Morgan fingerprint density at radius 2 is 1.72 bits per heavy atom. The second kappa shape index (κ2) is 10.5. The summed E-state index contributed by atoms with van der Waals surface area (Å²) in [5, 5.41) is 17.5. The predicted molar refractivity (Wildman–Crippen MR) is 127 cm³/mol. The number of aromatic carboxylic acids is 1. The van der Waals surface area contributed by atoms with Crippen LogP contribution in [0, 0.1) is 0 Å². The van der Waals surface area contributed by atoms with Crippen LogP contribution in [0.15, 0.2) is 76.7 Å². The van der Waals surface area contributed by atoms with E-state index in [4.69, 9.17) is 16.3 Å². The lowest BCUT2D eigenvalue weighted by molar-refractivity contribution is -0.274. The van der Waals surface area contributed by atoms with Crippen molar-refractivity contribution < 1.29 is 32.5 Å². The molecule has 0 saturated carbocycles. The summed E-state index contributed by atoms with van der Waals surface area (Å²) in [6.45, 7) is 0.289. The van der Waals surface area contributed by atoms with Gasteiger partial charge in [0.05, 0.1) is 18.7 Å². The highest BCUT2D eigenvalue weighted by Crippen LogP contribution is 2.36. The number of aromatic nitrogens is 3. The molecule has 4 rings (SSSR count). The molecule has 0 unspecified atom stereocenters. The summed E-state index contributed by atoms with van der Waals surface area (Å²) in [6, 6.07) is 18.2. The highest BCUT2D eigenvalue weighted by Gasteiger charge is 2.32. The molecule has 1 aromatic heterocycles. The van der Waals surface area contributed by atoms with Gasteiger partial charge in [0.1, 0.15) is 16.5 Å². The largest absolute Gasteiger partial charge is 0.573 e. The quantitative estimate of drug-likeness (QED) is 0.279. The van der Waals surface area contributed by atoms with E-state index in [-0.39, 0.29) is 17.3 Å². The van der Waals surface area contributed by atoms with Crippen molar-refractivity contribution in [2.24, 2.45) is 0 Å². The smallest absolute Gasteiger partial charge is 0.497 e. The number of nitrogens with zero attached hydrogens (tertiary/aromatic N) is 3. The number of hydrogen-bond donors (Lipinski definition) is 1. The normalized spacial score (nSPS) is 11.4. The van der Waals surface area contributed by atoms with E-state index in [1.807, 2.05) is 12.1 Å². The molecule has 1 heterocycles. The molecular formula is C24H17ClF3N3O4S. The Labute approximate surface area is 212 Å². The van der Waals surface area contributed by atoms with Gasteiger partial charge in [0.25, 0.3) is 0 Å². The van der Waals surface area contributed by atoms with Gasteiger partial charge in [-0.1, -0.05) is 58.9 Å². The molecule has 0 amide bonds. The van der Waals surface area contributed by atoms with Crippen molar-refractivity contribution in [3.8, 4) is 22.6 Å². The van der Waals surface area contributed by atoms with Gasteiger partial charge < -0.3 is 14.6 Å². The molecule has 0 atom stereocenters. The van der Waals surface area contributed by atoms with Crippen molar-refractivity contribution in [2.75, 3.05) is 7.11 Å². The van der Waals surface area contributed by atoms with Gasteiger partial charge in [-0.3, -0.25) is 0 Å². The maximum atomic E-state index is 12.6. The van der Waals surface area contributed by atoms with Crippen LogP contribution in [0.25, 0.3) is 11.1 Å². The number of ether oxygens (including phenoxy) is 2. The number of hydrogen-bond acceptors (Lipinski definition) is 6. The summed E-state index contributed by atoms with van der Waals surface area (Å²) in [6.07, 6.45) is -4.87. The zero-order chi connectivity index (χ0) is 25.9. The standard InChI is InChI=1S/C24H17ClF3N3O4S/c1-34-17-7-2-14(3-8-17)13-31-22(21(23(32)33)29-30-31)36-18-9-4-15(5-10-18)16-6-11-19(25)20(12-16)35-24(26,27)28/h2-12H,13H2,1H3,(H,32,33). The summed E-state index contributed by atoms with van der Waals surface area (Å²) in [5.74, 6) is -1.02. The fourth-order valence-corrected chi connectivity index (χ4v) is 4.34. The van der Waals surface area contributed by atoms with Crippen molar-refractivity contribution in [1.29, 1.82) is 0 Å². The van der Waals surface area contributed by atoms with Crippen LogP contribution in [0.5, 0.6) is 11.5 Å². The SMILES string of the molecule is COc1ccc(Cn2nnc(C(=O)O)c2Sc2ccc(-c3ccc(Cl)c(OC(F)(F)F)c3)cc2)cc1. The van der Waals surface area contributed by atoms with Gasteiger partial charge in [-0.25, -0.2) is 9.48 Å². The van der Waals surface area contributed by atoms with Crippen molar-refractivity contribution in [3.05, 3.63) is 83.0 Å². The number of benzene rings is 3. The molecule has 7 nitrogen and oxygen atoms in total. The number of carboxylic acids is 1. The van der Waals surface area contributed by atoms with E-state index in [0.717, 1.165) is 17.3 Å². The molecule has 36 heavy (non-hydrogen) atoms. The van der Waals surface area contributed by atoms with E-state index in [1.165, 1.54) is 16.8 Å². The van der Waals surface area contributed by atoms with Crippen LogP contribution in [-0.4, -0.2) is 39.5 Å². The Morgan fingerprint density at radius 3 is 2.33 bits per heavy atom. The minimum Gasteiger partial charge on any atom is -0.497 e. The third-order valence-corrected chi connectivity index (χ3v) is 6.36. The van der Waals surface area contributed by atoms with Gasteiger partial charge >= 0.3 is 12.3 Å². The van der Waals surface area contributed by atoms with Gasteiger partial charge in [0, 0.05) is 4.90 Å². The first kappa shape index (κ1) is 25.4. The third-order valence-electron chi connectivity index (χ3n) is 4.94. The number of carboxylic acid groups (broad SMARTS) is 1. The molecule has 0 aliphatic carbocycles. The average molecular weight is 536 g/mol. The van der Waals surface area contributed by atoms with Crippen LogP contribution >= 0.6 is 23.4 Å². The fraction of sp³-hybridized carbons (Fsp3) is 0.125. The maximum absolute atomic E-state index is 12.6. The minimum absolute atomic E-state index is 0.165. The van der Waals surface area contributed by atoms with Crippen molar-refractivity contribution in [2.45, 2.75) is 22.8 Å².